The number of hydrogen-bond donors (Lipinski definition) is 0. The molecule has 0 N–H and O–H groups in total. The number of pyridine rings is 1. The van der Waals surface area contributed by atoms with Gasteiger partial charge in [0.2, 0.25) is 0 Å². The fourth-order valence-electron chi connectivity index (χ4n) is 1.97. The van der Waals surface area contributed by atoms with Crippen molar-refractivity contribution in [3.05, 3.63) is 59.8 Å². The molecule has 0 unspecified atom stereocenters. The number of nitrogens with zero attached hydrogens (tertiary/aromatic N) is 1. The zero-order valence-electron chi connectivity index (χ0n) is 8.35. The maximum absolute atomic E-state index is 13.0. The molecule has 0 amide bonds. The second-order valence-electron chi connectivity index (χ2n) is 3.74. The molecule has 78 valence electrons. The van der Waals surface area contributed by atoms with Gasteiger partial charge in [-0.1, -0.05) is 12.1 Å². The maximum Gasteiger partial charge on any atom is 0.188 e. The molecule has 0 saturated carbocycles. The Morgan fingerprint density at radius 2 is 1.69 bits per heavy atom. The van der Waals surface area contributed by atoms with Crippen LogP contribution in [0.25, 0.3) is 21.5 Å². The van der Waals surface area contributed by atoms with Crippen molar-refractivity contribution in [3.8, 4) is 0 Å². The van der Waals surface area contributed by atoms with E-state index < -0.39 is 0 Å². The van der Waals surface area contributed by atoms with Gasteiger partial charge in [0.1, 0.15) is 5.82 Å². The summed E-state index contributed by atoms with van der Waals surface area (Å²) in [5, 5.41) is 14.8. The van der Waals surface area contributed by atoms with Gasteiger partial charge in [-0.25, -0.2) is 4.39 Å². The van der Waals surface area contributed by atoms with E-state index in [1.165, 1.54) is 24.5 Å². The number of halogens is 1. The van der Waals surface area contributed by atoms with Crippen molar-refractivity contribution in [2.45, 2.75) is 0 Å². The summed E-state index contributed by atoms with van der Waals surface area (Å²) in [4.78, 5) is 0. The molecule has 0 saturated heterocycles. The van der Waals surface area contributed by atoms with Gasteiger partial charge in [-0.15, -0.1) is 0 Å². The first-order valence-electron chi connectivity index (χ1n) is 4.95. The van der Waals surface area contributed by atoms with Crippen LogP contribution in [0, 0.1) is 11.0 Å². The number of aromatic nitrogens is 1. The summed E-state index contributed by atoms with van der Waals surface area (Å²) in [6.07, 6.45) is 2.96. The second kappa shape index (κ2) is 3.17. The van der Waals surface area contributed by atoms with E-state index in [1.54, 1.807) is 12.1 Å². The van der Waals surface area contributed by atoms with Crippen LogP contribution in [0.15, 0.2) is 48.8 Å². The highest BCUT2D eigenvalue weighted by atomic mass is 19.1. The van der Waals surface area contributed by atoms with Crippen LogP contribution in [-0.2, 0) is 0 Å². The van der Waals surface area contributed by atoms with Gasteiger partial charge in [0.15, 0.2) is 12.4 Å². The molecule has 0 bridgehead atoms. The lowest BCUT2D eigenvalue weighted by Gasteiger charge is -2.03. The monoisotopic (exact) mass is 213 g/mol. The quantitative estimate of drug-likeness (QED) is 0.320. The average Bonchev–Trinajstić information content (AvgIpc) is 2.28. The van der Waals surface area contributed by atoms with Crippen LogP contribution in [0.1, 0.15) is 0 Å². The smallest absolute Gasteiger partial charge is 0.188 e. The molecule has 0 fully saturated rings. The van der Waals surface area contributed by atoms with Gasteiger partial charge in [-0.2, -0.15) is 4.73 Å². The Bertz CT molecular complexity index is 633. The Morgan fingerprint density at radius 3 is 2.56 bits per heavy atom. The fraction of sp³-hybridized carbons (Fsp3) is 0. The van der Waals surface area contributed by atoms with Crippen molar-refractivity contribution >= 4 is 21.5 Å². The normalized spacial score (nSPS) is 11.1. The van der Waals surface area contributed by atoms with E-state index in [4.69, 9.17) is 0 Å². The van der Waals surface area contributed by atoms with Gasteiger partial charge in [0.05, 0.1) is 0 Å². The average molecular weight is 213 g/mol. The van der Waals surface area contributed by atoms with Crippen molar-refractivity contribution in [1.29, 1.82) is 0 Å². The van der Waals surface area contributed by atoms with Crippen molar-refractivity contribution in [2.75, 3.05) is 0 Å². The summed E-state index contributed by atoms with van der Waals surface area (Å²) in [6.45, 7) is 0. The van der Waals surface area contributed by atoms with Crippen LogP contribution < -0.4 is 4.73 Å². The van der Waals surface area contributed by atoms with E-state index in [0.29, 0.717) is 0 Å². The zero-order chi connectivity index (χ0) is 11.1. The van der Waals surface area contributed by atoms with E-state index in [9.17, 15) is 9.60 Å². The predicted octanol–water partition coefficient (Wildman–Crippen LogP) is 2.77. The molecule has 3 rings (SSSR count). The van der Waals surface area contributed by atoms with Gasteiger partial charge in [-0.05, 0) is 29.0 Å². The highest BCUT2D eigenvalue weighted by molar-refractivity contribution is 6.06. The van der Waals surface area contributed by atoms with Crippen molar-refractivity contribution in [1.82, 2.24) is 0 Å². The first-order chi connectivity index (χ1) is 7.74. The Labute approximate surface area is 91.1 Å². The molecule has 1 heterocycles. The Kier molecular flexibility index (Phi) is 1.80. The highest BCUT2D eigenvalue weighted by Gasteiger charge is 2.03. The van der Waals surface area contributed by atoms with Crippen molar-refractivity contribution in [3.63, 3.8) is 0 Å². The molecule has 0 aliphatic heterocycles. The lowest BCUT2D eigenvalue weighted by atomic mass is 10.0. The molecule has 3 heteroatoms. The topological polar surface area (TPSA) is 26.9 Å². The minimum absolute atomic E-state index is 0.248. The molecule has 1 aromatic heterocycles. The molecule has 0 radical (unpaired) electrons. The molecule has 0 aliphatic carbocycles. The van der Waals surface area contributed by atoms with Crippen molar-refractivity contribution < 1.29 is 9.12 Å². The lowest BCUT2D eigenvalue weighted by molar-refractivity contribution is -0.603. The molecule has 2 nitrogen and oxygen atoms in total. The van der Waals surface area contributed by atoms with E-state index in [0.717, 1.165) is 26.3 Å². The van der Waals surface area contributed by atoms with Gasteiger partial charge in [0, 0.05) is 16.8 Å². The third-order valence-electron chi connectivity index (χ3n) is 2.71. The predicted molar refractivity (Wildman–Crippen MR) is 60.4 cm³/mol. The number of hydrogen-bond acceptors (Lipinski definition) is 1. The number of fused-ring (bicyclic) bond motifs is 3. The molecule has 2 aromatic carbocycles. The van der Waals surface area contributed by atoms with E-state index in [1.807, 2.05) is 12.1 Å². The molecule has 3 aromatic rings. The largest absolute Gasteiger partial charge is 0.619 e. The third-order valence-corrected chi connectivity index (χ3v) is 2.71. The van der Waals surface area contributed by atoms with Crippen LogP contribution in [0.3, 0.4) is 0 Å². The minimum Gasteiger partial charge on any atom is -0.619 e. The Balaban J connectivity index is 2.50. The van der Waals surface area contributed by atoms with Crippen LogP contribution in [-0.4, -0.2) is 0 Å². The van der Waals surface area contributed by atoms with Gasteiger partial charge < -0.3 is 5.21 Å². The number of rotatable bonds is 0. The molecule has 0 atom stereocenters. The highest BCUT2D eigenvalue weighted by Crippen LogP contribution is 2.24. The van der Waals surface area contributed by atoms with Crippen molar-refractivity contribution in [2.24, 2.45) is 0 Å². The molecule has 16 heavy (non-hydrogen) atoms. The Hall–Kier alpha value is -2.16. The van der Waals surface area contributed by atoms with Crippen LogP contribution in [0.4, 0.5) is 4.39 Å². The second-order valence-corrected chi connectivity index (χ2v) is 3.74. The standard InChI is InChI=1S/C13H8FNO/c14-11-3-4-12-9(7-11)1-2-10-8-15(16)6-5-13(10)12/h1-8H. The van der Waals surface area contributed by atoms with Crippen LogP contribution in [0.2, 0.25) is 0 Å². The van der Waals surface area contributed by atoms with Gasteiger partial charge in [-0.3, -0.25) is 0 Å². The van der Waals surface area contributed by atoms with Gasteiger partial charge >= 0.3 is 0 Å². The zero-order valence-corrected chi connectivity index (χ0v) is 8.35. The maximum atomic E-state index is 13.0. The molecular formula is C13H8FNO. The fourth-order valence-corrected chi connectivity index (χ4v) is 1.97. The summed E-state index contributed by atoms with van der Waals surface area (Å²) in [7, 11) is 0. The molecule has 0 aliphatic rings. The lowest BCUT2D eigenvalue weighted by Crippen LogP contribution is -2.23. The van der Waals surface area contributed by atoms with E-state index in [2.05, 4.69) is 0 Å². The van der Waals surface area contributed by atoms with Crippen LogP contribution in [0.5, 0.6) is 0 Å². The summed E-state index contributed by atoms with van der Waals surface area (Å²) in [5.74, 6) is -0.248. The minimum atomic E-state index is -0.248. The first kappa shape index (κ1) is 9.09. The van der Waals surface area contributed by atoms with E-state index in [-0.39, 0.29) is 5.82 Å². The Morgan fingerprint density at radius 1 is 0.938 bits per heavy atom. The molecule has 0 spiro atoms. The number of benzene rings is 2. The van der Waals surface area contributed by atoms with Gasteiger partial charge in [0.25, 0.3) is 0 Å². The SMILES string of the molecule is [O-][n+]1ccc2c(ccc3cc(F)ccc32)c1. The summed E-state index contributed by atoms with van der Waals surface area (Å²) in [6, 6.07) is 10.1. The first-order valence-corrected chi connectivity index (χ1v) is 4.95. The summed E-state index contributed by atoms with van der Waals surface area (Å²) < 4.78 is 13.8. The van der Waals surface area contributed by atoms with Crippen LogP contribution >= 0.6 is 0 Å². The van der Waals surface area contributed by atoms with E-state index >= 15 is 0 Å². The summed E-state index contributed by atoms with van der Waals surface area (Å²) >= 11 is 0. The third kappa shape index (κ3) is 1.29. The summed E-state index contributed by atoms with van der Waals surface area (Å²) in [5.41, 5.74) is 0. The molecular weight excluding hydrogens is 205 g/mol.